The molecule has 6 heterocycles. The summed E-state index contributed by atoms with van der Waals surface area (Å²) in [5.41, 5.74) is 9.92. The number of hydrogen-bond donors (Lipinski definition) is 3. The topological polar surface area (TPSA) is 167 Å². The molecule has 1 aliphatic carbocycles. The molecular weight excluding hydrogens is 797 g/mol. The van der Waals surface area contributed by atoms with Crippen LogP contribution in [0.5, 0.6) is 0 Å². The Morgan fingerprint density at radius 1 is 0.841 bits per heavy atom. The van der Waals surface area contributed by atoms with Crippen LogP contribution in [0.25, 0.3) is 39.1 Å². The monoisotopic (exact) mass is 844 g/mol. The number of anilines is 4. The third-order valence-electron chi connectivity index (χ3n) is 12.6. The van der Waals surface area contributed by atoms with Gasteiger partial charge in [-0.2, -0.15) is 0 Å². The summed E-state index contributed by atoms with van der Waals surface area (Å²) >= 11 is 0. The Bertz CT molecular complexity index is 2960. The molecule has 0 bridgehead atoms. The number of imide groups is 1. The number of aryl methyl sites for hydroxylation is 1. The third kappa shape index (κ3) is 7.66. The molecule has 320 valence electrons. The fourth-order valence-electron chi connectivity index (χ4n) is 8.82. The maximum Gasteiger partial charge on any atom is 0.329 e. The second-order valence-corrected chi connectivity index (χ2v) is 16.7. The van der Waals surface area contributed by atoms with Gasteiger partial charge in [-0.05, 0) is 78.4 Å². The first-order chi connectivity index (χ1) is 30.6. The highest BCUT2D eigenvalue weighted by Crippen LogP contribution is 2.31. The summed E-state index contributed by atoms with van der Waals surface area (Å²) in [6, 6.07) is 28.1. The first kappa shape index (κ1) is 39.8. The molecule has 0 radical (unpaired) electrons. The summed E-state index contributed by atoms with van der Waals surface area (Å²) in [5, 5.41) is 13.7. The van der Waals surface area contributed by atoms with Gasteiger partial charge < -0.3 is 20.4 Å². The quantitative estimate of drug-likeness (QED) is 0.142. The van der Waals surface area contributed by atoms with E-state index < -0.39 is 11.9 Å². The van der Waals surface area contributed by atoms with Crippen LogP contribution in [0, 0.1) is 0 Å². The number of piperazine rings is 1. The Morgan fingerprint density at radius 3 is 2.37 bits per heavy atom. The second kappa shape index (κ2) is 16.2. The van der Waals surface area contributed by atoms with E-state index in [1.165, 1.54) is 4.57 Å². The number of carbonyl (C=O) groups excluding carboxylic acids is 3. The number of hydrogen-bond acceptors (Lipinski definition) is 11. The van der Waals surface area contributed by atoms with Crippen molar-refractivity contribution in [2.24, 2.45) is 7.05 Å². The van der Waals surface area contributed by atoms with E-state index in [2.05, 4.69) is 67.1 Å². The van der Waals surface area contributed by atoms with Gasteiger partial charge in [0.2, 0.25) is 11.8 Å². The van der Waals surface area contributed by atoms with Crippen molar-refractivity contribution in [1.29, 1.82) is 0 Å². The van der Waals surface area contributed by atoms with Crippen LogP contribution >= 0.6 is 0 Å². The number of aromatic nitrogens is 6. The number of pyridine rings is 1. The summed E-state index contributed by atoms with van der Waals surface area (Å²) in [5.74, 6) is -0.259. The summed E-state index contributed by atoms with van der Waals surface area (Å²) in [6.07, 6.45) is 6.11. The van der Waals surface area contributed by atoms with E-state index in [1.54, 1.807) is 27.2 Å². The normalized spacial score (nSPS) is 17.0. The van der Waals surface area contributed by atoms with Crippen LogP contribution in [-0.2, 0) is 23.2 Å². The Kier molecular flexibility index (Phi) is 10.2. The SMILES string of the molecule is CNc1cc(Nc2cccc(-c3ccc(CN4CCN(c5ccc(-c6ccc7c(c6)n(C)c(=O)n7C6CCC(=O)NC6=O)cc5)CC4)cn3)c2)nn2c(C(=O)N(C)C3CC3)cnc12. The number of carbonyl (C=O) groups is 3. The van der Waals surface area contributed by atoms with Gasteiger partial charge in [0.25, 0.3) is 5.91 Å². The van der Waals surface area contributed by atoms with Gasteiger partial charge in [-0.25, -0.2) is 14.3 Å². The van der Waals surface area contributed by atoms with Crippen molar-refractivity contribution < 1.29 is 14.4 Å². The van der Waals surface area contributed by atoms with E-state index in [9.17, 15) is 19.2 Å². The molecule has 2 saturated heterocycles. The Hall–Kier alpha value is -7.33. The molecule has 4 aromatic heterocycles. The van der Waals surface area contributed by atoms with E-state index >= 15 is 0 Å². The lowest BCUT2D eigenvalue weighted by Gasteiger charge is -2.36. The van der Waals surface area contributed by atoms with E-state index in [0.29, 0.717) is 29.1 Å². The Balaban J connectivity index is 0.757. The van der Waals surface area contributed by atoms with Gasteiger partial charge in [-0.15, -0.1) is 5.10 Å². The van der Waals surface area contributed by atoms with Gasteiger partial charge in [0.1, 0.15) is 6.04 Å². The van der Waals surface area contributed by atoms with Gasteiger partial charge in [0, 0.05) is 95.5 Å². The average molecular weight is 845 g/mol. The first-order valence-electron chi connectivity index (χ1n) is 21.4. The van der Waals surface area contributed by atoms with Crippen molar-refractivity contribution >= 4 is 57.3 Å². The largest absolute Gasteiger partial charge is 0.385 e. The molecule has 10 rings (SSSR count). The van der Waals surface area contributed by atoms with Gasteiger partial charge in [0.15, 0.2) is 17.2 Å². The molecule has 1 saturated carbocycles. The minimum Gasteiger partial charge on any atom is -0.385 e. The zero-order valence-corrected chi connectivity index (χ0v) is 35.4. The lowest BCUT2D eigenvalue weighted by Crippen LogP contribution is -2.45. The van der Waals surface area contributed by atoms with Crippen LogP contribution in [0.3, 0.4) is 0 Å². The van der Waals surface area contributed by atoms with Crippen LogP contribution in [0.2, 0.25) is 0 Å². The Labute approximate surface area is 363 Å². The number of nitrogens with one attached hydrogen (secondary N) is 3. The van der Waals surface area contributed by atoms with Crippen molar-refractivity contribution in [3.05, 3.63) is 119 Å². The fraction of sp³-hybridized carbons (Fsp3) is 0.298. The maximum absolute atomic E-state index is 13.3. The molecule has 7 aromatic rings. The molecule has 1 atom stereocenters. The summed E-state index contributed by atoms with van der Waals surface area (Å²) in [7, 11) is 5.38. The van der Waals surface area contributed by atoms with Crippen molar-refractivity contribution in [3.8, 4) is 22.4 Å². The highest BCUT2D eigenvalue weighted by atomic mass is 16.2. The van der Waals surface area contributed by atoms with Gasteiger partial charge >= 0.3 is 5.69 Å². The van der Waals surface area contributed by atoms with Crippen molar-refractivity contribution in [1.82, 2.24) is 43.8 Å². The zero-order chi connectivity index (χ0) is 43.4. The van der Waals surface area contributed by atoms with Crippen LogP contribution in [-0.4, -0.2) is 103 Å². The fourth-order valence-corrected chi connectivity index (χ4v) is 8.82. The molecule has 0 spiro atoms. The van der Waals surface area contributed by atoms with Crippen molar-refractivity contribution in [2.45, 2.75) is 44.3 Å². The Morgan fingerprint density at radius 2 is 1.63 bits per heavy atom. The number of amides is 3. The van der Waals surface area contributed by atoms with Crippen LogP contribution < -0.4 is 26.5 Å². The van der Waals surface area contributed by atoms with Crippen molar-refractivity contribution in [2.75, 3.05) is 55.8 Å². The van der Waals surface area contributed by atoms with E-state index in [-0.39, 0.29) is 30.0 Å². The van der Waals surface area contributed by atoms with Crippen LogP contribution in [0.4, 0.5) is 22.9 Å². The van der Waals surface area contributed by atoms with Crippen LogP contribution in [0.15, 0.2) is 102 Å². The average Bonchev–Trinajstić information content (AvgIpc) is 4.03. The number of fused-ring (bicyclic) bond motifs is 2. The maximum atomic E-state index is 13.3. The molecule has 3 fully saturated rings. The summed E-state index contributed by atoms with van der Waals surface area (Å²) in [6.45, 7) is 4.47. The van der Waals surface area contributed by atoms with Gasteiger partial charge in [0.05, 0.1) is 28.6 Å². The second-order valence-electron chi connectivity index (χ2n) is 16.7. The first-order valence-corrected chi connectivity index (χ1v) is 21.4. The molecule has 16 nitrogen and oxygen atoms in total. The highest BCUT2D eigenvalue weighted by Gasteiger charge is 2.33. The molecule has 3 N–H and O–H groups in total. The molecule has 2 aliphatic heterocycles. The number of nitrogens with zero attached hydrogens (tertiary/aromatic N) is 9. The minimum absolute atomic E-state index is 0.0921. The minimum atomic E-state index is -0.711. The van der Waals surface area contributed by atoms with E-state index in [1.807, 2.05) is 68.8 Å². The molecule has 3 amide bonds. The lowest BCUT2D eigenvalue weighted by atomic mass is 10.0. The van der Waals surface area contributed by atoms with Gasteiger partial charge in [-0.1, -0.05) is 36.4 Å². The summed E-state index contributed by atoms with van der Waals surface area (Å²) in [4.78, 5) is 66.8. The van der Waals surface area contributed by atoms with E-state index in [4.69, 9.17) is 10.1 Å². The van der Waals surface area contributed by atoms with Crippen molar-refractivity contribution in [3.63, 3.8) is 0 Å². The number of benzene rings is 3. The standard InChI is InChI=1S/C47H48N12O4/c1-48-37-25-42(53-59-41(27-50-44(37)59)46(62)54(2)34-13-14-34)51-33-6-4-5-32(23-33)36-15-7-29(26-49-36)28-56-19-21-57(22-20-56)35-11-8-30(9-12-35)31-10-16-38-40(24-31)55(3)47(63)58(38)39-17-18-43(60)52-45(39)61/h4-12,15-16,23-27,34,39,48H,13-14,17-22,28H2,1-3H3,(H,51,53)(H,52,60,61). The third-order valence-corrected chi connectivity index (χ3v) is 12.6. The molecular formula is C47H48N12O4. The molecule has 3 aromatic carbocycles. The molecule has 1 unspecified atom stereocenters. The number of piperidine rings is 1. The number of rotatable bonds is 11. The predicted octanol–water partition coefficient (Wildman–Crippen LogP) is 5.43. The summed E-state index contributed by atoms with van der Waals surface area (Å²) < 4.78 is 4.69. The lowest BCUT2D eigenvalue weighted by molar-refractivity contribution is -0.135. The zero-order valence-electron chi connectivity index (χ0n) is 35.4. The van der Waals surface area contributed by atoms with E-state index in [0.717, 1.165) is 96.1 Å². The molecule has 16 heteroatoms. The molecule has 63 heavy (non-hydrogen) atoms. The van der Waals surface area contributed by atoms with Crippen LogP contribution in [0.1, 0.15) is 47.8 Å². The predicted molar refractivity (Wildman–Crippen MR) is 242 cm³/mol. The van der Waals surface area contributed by atoms with Gasteiger partial charge in [-0.3, -0.25) is 38.7 Å². The highest BCUT2D eigenvalue weighted by molar-refractivity contribution is 6.00. The molecule has 3 aliphatic rings. The number of imidazole rings is 2. The smallest absolute Gasteiger partial charge is 0.329 e.